The van der Waals surface area contributed by atoms with Crippen LogP contribution in [0.25, 0.3) is 0 Å². The zero-order valence-corrected chi connectivity index (χ0v) is 9.81. The largest absolute Gasteiger partial charge is 0.481 e. The minimum Gasteiger partial charge on any atom is -0.481 e. The summed E-state index contributed by atoms with van der Waals surface area (Å²) in [6.45, 7) is 1.78. The molecule has 2 N–H and O–H groups in total. The first kappa shape index (κ1) is 13.0. The Balaban J connectivity index is 2.57. The van der Waals surface area contributed by atoms with Gasteiger partial charge in [-0.05, 0) is 31.9 Å². The van der Waals surface area contributed by atoms with Crippen molar-refractivity contribution in [3.8, 4) is 6.07 Å². The predicted octanol–water partition coefficient (Wildman–Crippen LogP) is 2.64. The van der Waals surface area contributed by atoms with E-state index < -0.39 is 11.5 Å². The van der Waals surface area contributed by atoms with Crippen molar-refractivity contribution in [3.05, 3.63) is 30.3 Å². The van der Waals surface area contributed by atoms with E-state index in [0.717, 1.165) is 5.69 Å². The Hall–Kier alpha value is -2.02. The van der Waals surface area contributed by atoms with Crippen molar-refractivity contribution >= 4 is 11.7 Å². The van der Waals surface area contributed by atoms with Gasteiger partial charge < -0.3 is 10.4 Å². The Bertz CT molecular complexity index is 411. The maximum absolute atomic E-state index is 10.4. The molecule has 4 nitrogen and oxygen atoms in total. The van der Waals surface area contributed by atoms with Crippen LogP contribution in [0.3, 0.4) is 0 Å². The predicted molar refractivity (Wildman–Crippen MR) is 65.6 cm³/mol. The number of anilines is 1. The molecular formula is C13H16N2O2. The van der Waals surface area contributed by atoms with Crippen LogP contribution in [0.5, 0.6) is 0 Å². The quantitative estimate of drug-likeness (QED) is 0.790. The zero-order valence-electron chi connectivity index (χ0n) is 9.81. The average Bonchev–Trinajstić information content (AvgIpc) is 2.30. The van der Waals surface area contributed by atoms with Gasteiger partial charge in [-0.2, -0.15) is 5.26 Å². The third kappa shape index (κ3) is 4.56. The number of nitrogens with one attached hydrogen (secondary N) is 1. The fourth-order valence-electron chi connectivity index (χ4n) is 1.58. The molecule has 0 amide bonds. The Labute approximate surface area is 101 Å². The molecule has 1 aromatic carbocycles. The molecule has 0 aliphatic heterocycles. The zero-order chi connectivity index (χ0) is 12.7. The number of carboxylic acid groups (broad SMARTS) is 1. The fraction of sp³-hybridized carbons (Fsp3) is 0.385. The van der Waals surface area contributed by atoms with Gasteiger partial charge in [0.2, 0.25) is 0 Å². The van der Waals surface area contributed by atoms with Crippen LogP contribution in [0, 0.1) is 11.3 Å². The normalized spacial score (nSPS) is 13.4. The molecule has 0 bridgehead atoms. The maximum atomic E-state index is 10.4. The summed E-state index contributed by atoms with van der Waals surface area (Å²) in [6.07, 6.45) is 1.08. The van der Waals surface area contributed by atoms with Gasteiger partial charge in [0.05, 0.1) is 6.07 Å². The van der Waals surface area contributed by atoms with Crippen molar-refractivity contribution in [2.75, 3.05) is 5.32 Å². The second-order valence-corrected chi connectivity index (χ2v) is 4.18. The third-order valence-corrected chi connectivity index (χ3v) is 2.51. The lowest BCUT2D eigenvalue weighted by atomic mass is 9.96. The molecule has 4 heteroatoms. The van der Waals surface area contributed by atoms with Gasteiger partial charge in [0.15, 0.2) is 0 Å². The van der Waals surface area contributed by atoms with Gasteiger partial charge in [0.1, 0.15) is 5.54 Å². The molecule has 1 atom stereocenters. The van der Waals surface area contributed by atoms with E-state index in [1.165, 1.54) is 0 Å². The number of hydrogen-bond acceptors (Lipinski definition) is 3. The molecule has 1 rings (SSSR count). The van der Waals surface area contributed by atoms with Crippen LogP contribution in [0.1, 0.15) is 26.2 Å². The second-order valence-electron chi connectivity index (χ2n) is 4.18. The summed E-state index contributed by atoms with van der Waals surface area (Å²) in [5, 5.41) is 20.8. The van der Waals surface area contributed by atoms with Gasteiger partial charge in [-0.15, -0.1) is 0 Å². The van der Waals surface area contributed by atoms with Crippen LogP contribution in [0.4, 0.5) is 5.69 Å². The molecule has 0 saturated carbocycles. The molecule has 17 heavy (non-hydrogen) atoms. The molecule has 0 fully saturated rings. The van der Waals surface area contributed by atoms with Crippen molar-refractivity contribution in [3.63, 3.8) is 0 Å². The number of carbonyl (C=O) groups is 1. The number of rotatable bonds is 6. The topological polar surface area (TPSA) is 73.1 Å². The highest BCUT2D eigenvalue weighted by Gasteiger charge is 2.23. The molecule has 1 unspecified atom stereocenters. The molecule has 0 aliphatic rings. The summed E-state index contributed by atoms with van der Waals surface area (Å²) in [6, 6.07) is 11.6. The van der Waals surface area contributed by atoms with E-state index in [1.807, 2.05) is 30.3 Å². The van der Waals surface area contributed by atoms with Crippen molar-refractivity contribution in [1.82, 2.24) is 0 Å². The molecule has 0 heterocycles. The lowest BCUT2D eigenvalue weighted by Gasteiger charge is -2.24. The number of nitrogens with zero attached hydrogens (tertiary/aromatic N) is 1. The Morgan fingerprint density at radius 3 is 2.65 bits per heavy atom. The SMILES string of the molecule is CC(C#N)(CCCC(=O)O)Nc1ccccc1. The first-order chi connectivity index (χ1) is 8.06. The summed E-state index contributed by atoms with van der Waals surface area (Å²) in [7, 11) is 0. The van der Waals surface area contributed by atoms with E-state index >= 15 is 0 Å². The maximum Gasteiger partial charge on any atom is 0.303 e. The van der Waals surface area contributed by atoms with Gasteiger partial charge >= 0.3 is 5.97 Å². The van der Waals surface area contributed by atoms with E-state index in [2.05, 4.69) is 11.4 Å². The fourth-order valence-corrected chi connectivity index (χ4v) is 1.58. The molecule has 0 radical (unpaired) electrons. The smallest absolute Gasteiger partial charge is 0.303 e. The number of hydrogen-bond donors (Lipinski definition) is 2. The summed E-state index contributed by atoms with van der Waals surface area (Å²) >= 11 is 0. The Kier molecular flexibility index (Phi) is 4.53. The van der Waals surface area contributed by atoms with Crippen molar-refractivity contribution in [2.45, 2.75) is 31.7 Å². The third-order valence-electron chi connectivity index (χ3n) is 2.51. The first-order valence-corrected chi connectivity index (χ1v) is 5.52. The average molecular weight is 232 g/mol. The van der Waals surface area contributed by atoms with Crippen molar-refractivity contribution in [2.24, 2.45) is 0 Å². The summed E-state index contributed by atoms with van der Waals surface area (Å²) in [5.41, 5.74) is 0.142. The standard InChI is InChI=1S/C13H16N2O2/c1-13(10-14,9-5-8-12(16)17)15-11-6-3-2-4-7-11/h2-4,6-7,15H,5,8-9H2,1H3,(H,16,17). The van der Waals surface area contributed by atoms with Crippen molar-refractivity contribution < 1.29 is 9.90 Å². The van der Waals surface area contributed by atoms with Gasteiger partial charge in [-0.1, -0.05) is 18.2 Å². The van der Waals surface area contributed by atoms with Crippen molar-refractivity contribution in [1.29, 1.82) is 5.26 Å². The first-order valence-electron chi connectivity index (χ1n) is 5.52. The Morgan fingerprint density at radius 2 is 2.12 bits per heavy atom. The van der Waals surface area contributed by atoms with Crippen LogP contribution in [0.15, 0.2) is 30.3 Å². The van der Waals surface area contributed by atoms with E-state index in [1.54, 1.807) is 6.92 Å². The van der Waals surface area contributed by atoms with Gasteiger partial charge in [0.25, 0.3) is 0 Å². The van der Waals surface area contributed by atoms with Crippen LogP contribution in [0.2, 0.25) is 0 Å². The van der Waals surface area contributed by atoms with Crippen LogP contribution in [-0.2, 0) is 4.79 Å². The molecular weight excluding hydrogens is 216 g/mol. The highest BCUT2D eigenvalue weighted by molar-refractivity contribution is 5.66. The van der Waals surface area contributed by atoms with E-state index in [9.17, 15) is 4.79 Å². The molecule has 0 saturated heterocycles. The molecule has 0 aliphatic carbocycles. The van der Waals surface area contributed by atoms with Crippen LogP contribution < -0.4 is 5.32 Å². The summed E-state index contributed by atoms with van der Waals surface area (Å²) in [5.74, 6) is -0.829. The van der Waals surface area contributed by atoms with Gasteiger partial charge in [-0.3, -0.25) is 4.79 Å². The monoisotopic (exact) mass is 232 g/mol. The number of benzene rings is 1. The minimum absolute atomic E-state index is 0.0910. The minimum atomic E-state index is -0.829. The van der Waals surface area contributed by atoms with E-state index in [4.69, 9.17) is 10.4 Å². The van der Waals surface area contributed by atoms with Crippen LogP contribution >= 0.6 is 0 Å². The lowest BCUT2D eigenvalue weighted by Crippen LogP contribution is -2.32. The number of carboxylic acids is 1. The van der Waals surface area contributed by atoms with E-state index in [-0.39, 0.29) is 6.42 Å². The van der Waals surface area contributed by atoms with Crippen LogP contribution in [-0.4, -0.2) is 16.6 Å². The second kappa shape index (κ2) is 5.90. The molecule has 90 valence electrons. The number of aliphatic carboxylic acids is 1. The Morgan fingerprint density at radius 1 is 1.47 bits per heavy atom. The van der Waals surface area contributed by atoms with E-state index in [0.29, 0.717) is 12.8 Å². The number of nitriles is 1. The van der Waals surface area contributed by atoms with Gasteiger partial charge in [-0.25, -0.2) is 0 Å². The molecule has 1 aromatic rings. The molecule has 0 spiro atoms. The molecule has 0 aromatic heterocycles. The summed E-state index contributed by atoms with van der Waals surface area (Å²) < 4.78 is 0. The number of para-hydroxylation sites is 1. The highest BCUT2D eigenvalue weighted by Crippen LogP contribution is 2.20. The lowest BCUT2D eigenvalue weighted by molar-refractivity contribution is -0.137. The highest BCUT2D eigenvalue weighted by atomic mass is 16.4. The summed E-state index contributed by atoms with van der Waals surface area (Å²) in [4.78, 5) is 10.4. The van der Waals surface area contributed by atoms with Gasteiger partial charge in [0, 0.05) is 12.1 Å².